The summed E-state index contributed by atoms with van der Waals surface area (Å²) in [5, 5.41) is 38.4. The van der Waals surface area contributed by atoms with Crippen molar-refractivity contribution in [1.29, 1.82) is 0 Å². The summed E-state index contributed by atoms with van der Waals surface area (Å²) in [4.78, 5) is 20.3. The molecule has 0 radical (unpaired) electrons. The average Bonchev–Trinajstić information content (AvgIpc) is 3.02. The molecule has 1 atom stereocenters. The molecule has 0 saturated carbocycles. The van der Waals surface area contributed by atoms with Gasteiger partial charge < -0.3 is 10.4 Å². The SMILES string of the molecule is CC(C)(NCC(O)Cn1cc([N+](=O)[O-])cn1)c1ccc([N+](=O)[O-])cc1. The predicted molar refractivity (Wildman–Crippen MR) is 89.0 cm³/mol. The van der Waals surface area contributed by atoms with Crippen molar-refractivity contribution >= 4 is 11.4 Å². The highest BCUT2D eigenvalue weighted by Gasteiger charge is 2.22. The van der Waals surface area contributed by atoms with E-state index in [0.29, 0.717) is 0 Å². The van der Waals surface area contributed by atoms with Gasteiger partial charge in [0.25, 0.3) is 5.69 Å². The van der Waals surface area contributed by atoms with Gasteiger partial charge in [-0.2, -0.15) is 5.10 Å². The van der Waals surface area contributed by atoms with Gasteiger partial charge in [-0.15, -0.1) is 0 Å². The number of hydrogen-bond acceptors (Lipinski definition) is 7. The first-order valence-electron chi connectivity index (χ1n) is 7.54. The second kappa shape index (κ2) is 7.36. The summed E-state index contributed by atoms with van der Waals surface area (Å²) >= 11 is 0. The van der Waals surface area contributed by atoms with Crippen LogP contribution in [0, 0.1) is 20.2 Å². The van der Waals surface area contributed by atoms with E-state index >= 15 is 0 Å². The molecule has 0 saturated heterocycles. The Balaban J connectivity index is 1.93. The lowest BCUT2D eigenvalue weighted by molar-refractivity contribution is -0.385. The lowest BCUT2D eigenvalue weighted by atomic mass is 9.94. The standard InChI is InChI=1S/C15H19N5O5/c1-15(2,11-3-5-12(6-4-11)19(22)23)16-8-14(21)10-18-9-13(7-17-18)20(24)25/h3-7,9,14,16,21H,8,10H2,1-2H3. The topological polar surface area (TPSA) is 136 Å². The van der Waals surface area contributed by atoms with Crippen molar-refractivity contribution in [3.05, 3.63) is 62.5 Å². The van der Waals surface area contributed by atoms with Crippen LogP contribution in [0.5, 0.6) is 0 Å². The first-order chi connectivity index (χ1) is 11.7. The molecule has 0 fully saturated rings. The maximum atomic E-state index is 10.7. The van der Waals surface area contributed by atoms with E-state index in [9.17, 15) is 25.3 Å². The lowest BCUT2D eigenvalue weighted by Gasteiger charge is -2.28. The molecule has 1 aromatic carbocycles. The minimum Gasteiger partial charge on any atom is -0.390 e. The molecule has 134 valence electrons. The van der Waals surface area contributed by atoms with Gasteiger partial charge >= 0.3 is 5.69 Å². The quantitative estimate of drug-likeness (QED) is 0.545. The van der Waals surface area contributed by atoms with E-state index in [1.807, 2.05) is 13.8 Å². The van der Waals surface area contributed by atoms with E-state index in [1.165, 1.54) is 23.0 Å². The number of non-ortho nitro benzene ring substituents is 1. The van der Waals surface area contributed by atoms with Gasteiger partial charge in [0, 0.05) is 24.2 Å². The summed E-state index contributed by atoms with van der Waals surface area (Å²) in [5.74, 6) is 0. The fourth-order valence-corrected chi connectivity index (χ4v) is 2.30. The van der Waals surface area contributed by atoms with Gasteiger partial charge in [-0.05, 0) is 19.4 Å². The minimum atomic E-state index is -0.808. The normalized spacial score (nSPS) is 12.8. The molecule has 2 rings (SSSR count). The van der Waals surface area contributed by atoms with Crippen molar-refractivity contribution < 1.29 is 15.0 Å². The molecule has 25 heavy (non-hydrogen) atoms. The molecule has 0 amide bonds. The maximum Gasteiger partial charge on any atom is 0.306 e. The second-order valence-electron chi connectivity index (χ2n) is 6.14. The summed E-state index contributed by atoms with van der Waals surface area (Å²) in [6.07, 6.45) is 1.57. The molecule has 0 bridgehead atoms. The summed E-state index contributed by atoms with van der Waals surface area (Å²) in [6.45, 7) is 4.11. The Bertz CT molecular complexity index is 756. The van der Waals surface area contributed by atoms with E-state index in [2.05, 4.69) is 10.4 Å². The van der Waals surface area contributed by atoms with Crippen molar-refractivity contribution in [1.82, 2.24) is 15.1 Å². The number of hydrogen-bond donors (Lipinski definition) is 2. The van der Waals surface area contributed by atoms with Crippen molar-refractivity contribution in [2.45, 2.75) is 32.0 Å². The van der Waals surface area contributed by atoms with E-state index in [0.717, 1.165) is 11.8 Å². The van der Waals surface area contributed by atoms with Gasteiger partial charge in [0.15, 0.2) is 0 Å². The number of nitrogens with one attached hydrogen (secondary N) is 1. The van der Waals surface area contributed by atoms with Crippen LogP contribution in [0.25, 0.3) is 0 Å². The van der Waals surface area contributed by atoms with E-state index in [-0.39, 0.29) is 24.5 Å². The van der Waals surface area contributed by atoms with Gasteiger partial charge in [-0.3, -0.25) is 24.9 Å². The third-order valence-corrected chi connectivity index (χ3v) is 3.81. The summed E-state index contributed by atoms with van der Waals surface area (Å²) < 4.78 is 1.31. The molecule has 0 aliphatic rings. The largest absolute Gasteiger partial charge is 0.390 e. The van der Waals surface area contributed by atoms with Crippen LogP contribution in [0.2, 0.25) is 0 Å². The van der Waals surface area contributed by atoms with Gasteiger partial charge in [-0.1, -0.05) is 12.1 Å². The molecule has 1 heterocycles. The summed E-state index contributed by atoms with van der Waals surface area (Å²) in [7, 11) is 0. The molecule has 0 aliphatic carbocycles. The molecule has 10 heteroatoms. The maximum absolute atomic E-state index is 10.7. The van der Waals surface area contributed by atoms with E-state index in [1.54, 1.807) is 12.1 Å². The zero-order chi connectivity index (χ0) is 18.6. The van der Waals surface area contributed by atoms with Crippen LogP contribution in [0.4, 0.5) is 11.4 Å². The number of benzene rings is 1. The molecular weight excluding hydrogens is 330 g/mol. The van der Waals surface area contributed by atoms with Crippen LogP contribution in [-0.4, -0.2) is 37.4 Å². The van der Waals surface area contributed by atoms with Crippen molar-refractivity contribution in [2.75, 3.05) is 6.54 Å². The Morgan fingerprint density at radius 3 is 2.32 bits per heavy atom. The van der Waals surface area contributed by atoms with Crippen LogP contribution in [0.3, 0.4) is 0 Å². The smallest absolute Gasteiger partial charge is 0.306 e. The molecular formula is C15H19N5O5. The Morgan fingerprint density at radius 1 is 1.20 bits per heavy atom. The molecule has 1 unspecified atom stereocenters. The van der Waals surface area contributed by atoms with Crippen molar-refractivity contribution in [3.63, 3.8) is 0 Å². The van der Waals surface area contributed by atoms with Gasteiger partial charge in [-0.25, -0.2) is 0 Å². The zero-order valence-electron chi connectivity index (χ0n) is 13.8. The molecule has 1 aromatic heterocycles. The lowest BCUT2D eigenvalue weighted by Crippen LogP contribution is -2.42. The number of nitrogens with zero attached hydrogens (tertiary/aromatic N) is 4. The van der Waals surface area contributed by atoms with Crippen LogP contribution < -0.4 is 5.32 Å². The molecule has 2 aromatic rings. The number of nitro benzene ring substituents is 1. The number of aliphatic hydroxyl groups excluding tert-OH is 1. The van der Waals surface area contributed by atoms with Crippen LogP contribution >= 0.6 is 0 Å². The average molecular weight is 349 g/mol. The fourth-order valence-electron chi connectivity index (χ4n) is 2.30. The monoisotopic (exact) mass is 349 g/mol. The molecule has 0 aliphatic heterocycles. The van der Waals surface area contributed by atoms with Gasteiger partial charge in [0.1, 0.15) is 12.4 Å². The molecule has 0 spiro atoms. The van der Waals surface area contributed by atoms with Gasteiger partial charge in [0.2, 0.25) is 0 Å². The third kappa shape index (κ3) is 4.81. The Hall–Kier alpha value is -2.85. The molecule has 2 N–H and O–H groups in total. The summed E-state index contributed by atoms with van der Waals surface area (Å²) in [5.41, 5.74) is 0.193. The Labute approximate surface area is 143 Å². The molecule has 10 nitrogen and oxygen atoms in total. The van der Waals surface area contributed by atoms with Crippen LogP contribution in [-0.2, 0) is 12.1 Å². The van der Waals surface area contributed by atoms with Gasteiger partial charge in [0.05, 0.1) is 22.5 Å². The number of aromatic nitrogens is 2. The number of aliphatic hydroxyl groups is 1. The predicted octanol–water partition coefficient (Wildman–Crippen LogP) is 1.59. The summed E-state index contributed by atoms with van der Waals surface area (Å²) in [6, 6.07) is 6.18. The minimum absolute atomic E-state index is 0.0138. The van der Waals surface area contributed by atoms with E-state index in [4.69, 9.17) is 0 Å². The van der Waals surface area contributed by atoms with Crippen LogP contribution in [0.1, 0.15) is 19.4 Å². The van der Waals surface area contributed by atoms with Crippen molar-refractivity contribution in [2.24, 2.45) is 0 Å². The Morgan fingerprint density at radius 2 is 1.80 bits per heavy atom. The van der Waals surface area contributed by atoms with Crippen molar-refractivity contribution in [3.8, 4) is 0 Å². The zero-order valence-corrected chi connectivity index (χ0v) is 13.8. The van der Waals surface area contributed by atoms with E-state index < -0.39 is 21.5 Å². The number of nitro groups is 2. The highest BCUT2D eigenvalue weighted by atomic mass is 16.6. The first-order valence-corrected chi connectivity index (χ1v) is 7.54. The Kier molecular flexibility index (Phi) is 5.45. The highest BCUT2D eigenvalue weighted by molar-refractivity contribution is 5.35. The first kappa shape index (κ1) is 18.5. The highest BCUT2D eigenvalue weighted by Crippen LogP contribution is 2.22. The van der Waals surface area contributed by atoms with Crippen LogP contribution in [0.15, 0.2) is 36.7 Å². The number of rotatable bonds is 8. The third-order valence-electron chi connectivity index (χ3n) is 3.81. The fraction of sp³-hybridized carbons (Fsp3) is 0.400. The second-order valence-corrected chi connectivity index (χ2v) is 6.14.